The molecule has 1 aliphatic rings. The van der Waals surface area contributed by atoms with Crippen LogP contribution in [0.5, 0.6) is 6.01 Å². The Kier molecular flexibility index (Phi) is 5.10. The van der Waals surface area contributed by atoms with E-state index in [1.54, 1.807) is 12.4 Å². The van der Waals surface area contributed by atoms with E-state index < -0.39 is 0 Å². The monoisotopic (exact) mass is 431 g/mol. The lowest BCUT2D eigenvalue weighted by atomic mass is 10.0. The molecule has 3 aromatic heterocycles. The molecule has 0 aliphatic carbocycles. The normalized spacial score (nSPS) is 18.8. The van der Waals surface area contributed by atoms with Crippen molar-refractivity contribution >= 4 is 33.8 Å². The molecule has 9 heteroatoms. The number of hydrogen-bond donors (Lipinski definition) is 2. The van der Waals surface area contributed by atoms with Gasteiger partial charge in [-0.05, 0) is 38.1 Å². The summed E-state index contributed by atoms with van der Waals surface area (Å²) in [6.07, 6.45) is 7.15. The minimum Gasteiger partial charge on any atom is -0.467 e. The number of ether oxygens (including phenoxy) is 1. The molecule has 1 aliphatic heterocycles. The fourth-order valence-corrected chi connectivity index (χ4v) is 4.41. The van der Waals surface area contributed by atoms with Crippen LogP contribution < -0.4 is 20.3 Å². The van der Waals surface area contributed by atoms with Crippen LogP contribution in [0.15, 0.2) is 49.1 Å². The highest BCUT2D eigenvalue weighted by atomic mass is 16.5. The summed E-state index contributed by atoms with van der Waals surface area (Å²) in [6, 6.07) is 8.42. The first-order valence-corrected chi connectivity index (χ1v) is 10.6. The van der Waals surface area contributed by atoms with Crippen molar-refractivity contribution in [1.82, 2.24) is 24.7 Å². The minimum absolute atomic E-state index is 0.223. The molecule has 1 fully saturated rings. The van der Waals surface area contributed by atoms with Crippen molar-refractivity contribution in [2.24, 2.45) is 0 Å². The topological polar surface area (TPSA) is 96.7 Å². The molecule has 4 aromatic rings. The predicted octanol–water partition coefficient (Wildman–Crippen LogP) is 2.73. The standard InChI is InChI=1S/C23H25N7O2/c1-14-12-30(13-15(2)26-14)19-7-6-16(20-17(19)11-25-23(28-20)32-3)22(31)27-18-5-4-9-29-10-8-24-21(18)29/h4-11,14-15,26H,12-13H2,1-3H3,(H,27,31)/t14-,15-/m1/s1. The molecule has 164 valence electrons. The van der Waals surface area contributed by atoms with Crippen LogP contribution in [0.25, 0.3) is 16.6 Å². The fourth-order valence-electron chi connectivity index (χ4n) is 4.41. The lowest BCUT2D eigenvalue weighted by molar-refractivity contribution is 0.102. The van der Waals surface area contributed by atoms with Gasteiger partial charge < -0.3 is 24.7 Å². The molecule has 2 N–H and O–H groups in total. The maximum atomic E-state index is 13.3. The number of nitrogens with one attached hydrogen (secondary N) is 2. The van der Waals surface area contributed by atoms with Gasteiger partial charge in [-0.3, -0.25) is 4.79 Å². The molecule has 2 atom stereocenters. The Morgan fingerprint density at radius 2 is 1.97 bits per heavy atom. The van der Waals surface area contributed by atoms with E-state index in [0.29, 0.717) is 34.5 Å². The van der Waals surface area contributed by atoms with Crippen molar-refractivity contribution in [1.29, 1.82) is 0 Å². The molecule has 4 heterocycles. The summed E-state index contributed by atoms with van der Waals surface area (Å²) in [5, 5.41) is 7.35. The second-order valence-corrected chi connectivity index (χ2v) is 8.16. The van der Waals surface area contributed by atoms with E-state index in [1.165, 1.54) is 7.11 Å². The predicted molar refractivity (Wildman–Crippen MR) is 124 cm³/mol. The smallest absolute Gasteiger partial charge is 0.316 e. The first-order chi connectivity index (χ1) is 15.5. The van der Waals surface area contributed by atoms with E-state index in [1.807, 2.05) is 41.1 Å². The minimum atomic E-state index is -0.263. The lowest BCUT2D eigenvalue weighted by Gasteiger charge is -2.38. The molecule has 5 rings (SSSR count). The molecule has 1 amide bonds. The Morgan fingerprint density at radius 1 is 1.16 bits per heavy atom. The van der Waals surface area contributed by atoms with Crippen LogP contribution in [0.2, 0.25) is 0 Å². The van der Waals surface area contributed by atoms with Gasteiger partial charge in [0, 0.05) is 61.0 Å². The number of hydrogen-bond acceptors (Lipinski definition) is 7. The highest BCUT2D eigenvalue weighted by molar-refractivity contribution is 6.14. The number of aromatic nitrogens is 4. The first kappa shape index (κ1) is 20.2. The number of fused-ring (bicyclic) bond motifs is 2. The van der Waals surface area contributed by atoms with Crippen LogP contribution in [0, 0.1) is 0 Å². The first-order valence-electron chi connectivity index (χ1n) is 10.6. The van der Waals surface area contributed by atoms with Gasteiger partial charge in [0.15, 0.2) is 5.65 Å². The van der Waals surface area contributed by atoms with Crippen LogP contribution in [-0.2, 0) is 0 Å². The Labute approximate surface area is 185 Å². The summed E-state index contributed by atoms with van der Waals surface area (Å²) in [5.74, 6) is -0.263. The van der Waals surface area contributed by atoms with Gasteiger partial charge in [0.05, 0.1) is 23.9 Å². The van der Waals surface area contributed by atoms with Crippen molar-refractivity contribution in [2.75, 3.05) is 30.4 Å². The van der Waals surface area contributed by atoms with E-state index in [2.05, 4.69) is 44.3 Å². The van der Waals surface area contributed by atoms with E-state index in [-0.39, 0.29) is 11.9 Å². The van der Waals surface area contributed by atoms with Gasteiger partial charge in [-0.2, -0.15) is 4.98 Å². The number of benzene rings is 1. The zero-order valence-corrected chi connectivity index (χ0v) is 18.2. The van der Waals surface area contributed by atoms with Crippen molar-refractivity contribution in [3.05, 3.63) is 54.6 Å². The Bertz CT molecular complexity index is 1290. The van der Waals surface area contributed by atoms with Crippen LogP contribution in [-0.4, -0.2) is 57.5 Å². The molecule has 1 aromatic carbocycles. The quantitative estimate of drug-likeness (QED) is 0.513. The maximum Gasteiger partial charge on any atom is 0.316 e. The van der Waals surface area contributed by atoms with Gasteiger partial charge in [0.25, 0.3) is 5.91 Å². The number of rotatable bonds is 4. The van der Waals surface area contributed by atoms with E-state index in [9.17, 15) is 4.79 Å². The fraction of sp³-hybridized carbons (Fsp3) is 0.304. The number of anilines is 2. The highest BCUT2D eigenvalue weighted by Gasteiger charge is 2.24. The van der Waals surface area contributed by atoms with Crippen LogP contribution in [0.4, 0.5) is 11.4 Å². The van der Waals surface area contributed by atoms with Crippen molar-refractivity contribution in [3.8, 4) is 6.01 Å². The number of nitrogens with zero attached hydrogens (tertiary/aromatic N) is 5. The third kappa shape index (κ3) is 3.60. The maximum absolute atomic E-state index is 13.3. The Balaban J connectivity index is 1.57. The summed E-state index contributed by atoms with van der Waals surface area (Å²) in [5.41, 5.74) is 3.33. The number of imidazole rings is 1. The Hall–Kier alpha value is -3.72. The van der Waals surface area contributed by atoms with Crippen LogP contribution >= 0.6 is 0 Å². The molecule has 0 radical (unpaired) electrons. The third-order valence-corrected chi connectivity index (χ3v) is 5.70. The average Bonchev–Trinajstić information content (AvgIpc) is 3.27. The zero-order valence-electron chi connectivity index (χ0n) is 18.2. The number of piperazine rings is 1. The third-order valence-electron chi connectivity index (χ3n) is 5.70. The summed E-state index contributed by atoms with van der Waals surface area (Å²) < 4.78 is 7.11. The highest BCUT2D eigenvalue weighted by Crippen LogP contribution is 2.31. The molecule has 32 heavy (non-hydrogen) atoms. The van der Waals surface area contributed by atoms with Gasteiger partial charge in [-0.25, -0.2) is 9.97 Å². The van der Waals surface area contributed by atoms with Crippen LogP contribution in [0.1, 0.15) is 24.2 Å². The molecule has 0 unspecified atom stereocenters. The van der Waals surface area contributed by atoms with Gasteiger partial charge in [-0.1, -0.05) is 0 Å². The van der Waals surface area contributed by atoms with E-state index in [0.717, 1.165) is 24.2 Å². The SMILES string of the molecule is COc1ncc2c(N3C[C@@H](C)N[C@H](C)C3)ccc(C(=O)Nc3cccn4ccnc34)c2n1. The zero-order chi connectivity index (χ0) is 22.2. The van der Waals surface area contributed by atoms with E-state index >= 15 is 0 Å². The lowest BCUT2D eigenvalue weighted by Crippen LogP contribution is -2.54. The largest absolute Gasteiger partial charge is 0.467 e. The summed E-state index contributed by atoms with van der Waals surface area (Å²) in [4.78, 5) is 28.8. The second-order valence-electron chi connectivity index (χ2n) is 8.16. The average molecular weight is 432 g/mol. The molecule has 1 saturated heterocycles. The number of amides is 1. The molecule has 0 bridgehead atoms. The summed E-state index contributed by atoms with van der Waals surface area (Å²) in [6.45, 7) is 6.06. The molecular formula is C23H25N7O2. The Morgan fingerprint density at radius 3 is 2.75 bits per heavy atom. The number of methoxy groups -OCH3 is 1. The molecular weight excluding hydrogens is 406 g/mol. The molecule has 0 saturated carbocycles. The van der Waals surface area contributed by atoms with Gasteiger partial charge in [0.1, 0.15) is 0 Å². The van der Waals surface area contributed by atoms with Gasteiger partial charge >= 0.3 is 6.01 Å². The number of carbonyl (C=O) groups is 1. The van der Waals surface area contributed by atoms with Crippen molar-refractivity contribution in [2.45, 2.75) is 25.9 Å². The van der Waals surface area contributed by atoms with Gasteiger partial charge in [-0.15, -0.1) is 0 Å². The van der Waals surface area contributed by atoms with Crippen molar-refractivity contribution < 1.29 is 9.53 Å². The molecule has 9 nitrogen and oxygen atoms in total. The second kappa shape index (κ2) is 8.08. The summed E-state index contributed by atoms with van der Waals surface area (Å²) in [7, 11) is 1.52. The van der Waals surface area contributed by atoms with E-state index in [4.69, 9.17) is 4.74 Å². The van der Waals surface area contributed by atoms with Crippen molar-refractivity contribution in [3.63, 3.8) is 0 Å². The van der Waals surface area contributed by atoms with Gasteiger partial charge in [0.2, 0.25) is 0 Å². The number of carbonyl (C=O) groups excluding carboxylic acids is 1. The molecule has 0 spiro atoms. The number of pyridine rings is 1. The van der Waals surface area contributed by atoms with Crippen LogP contribution in [0.3, 0.4) is 0 Å². The summed E-state index contributed by atoms with van der Waals surface area (Å²) >= 11 is 0.